The Hall–Kier alpha value is -3.63. The van der Waals surface area contributed by atoms with Crippen molar-refractivity contribution in [1.29, 1.82) is 0 Å². The smallest absolute Gasteiger partial charge is 0.421 e. The summed E-state index contributed by atoms with van der Waals surface area (Å²) in [5.74, 6) is -4.63. The molecule has 0 aliphatic rings. The van der Waals surface area contributed by atoms with Gasteiger partial charge in [0.25, 0.3) is 0 Å². The van der Waals surface area contributed by atoms with Gasteiger partial charge in [0.2, 0.25) is 0 Å². The van der Waals surface area contributed by atoms with Crippen LogP contribution in [0.25, 0.3) is 22.3 Å². The third-order valence-electron chi connectivity index (χ3n) is 5.72. The Morgan fingerprint density at radius 3 is 2.11 bits per heavy atom. The van der Waals surface area contributed by atoms with Gasteiger partial charge in [0, 0.05) is 24.4 Å². The maximum absolute atomic E-state index is 15.2. The second kappa shape index (κ2) is 13.5. The zero-order valence-corrected chi connectivity index (χ0v) is 28.3. The number of nitrogens with zero attached hydrogens (tertiary/aromatic N) is 4. The van der Waals surface area contributed by atoms with Crippen molar-refractivity contribution in [3.8, 4) is 23.0 Å². The molecule has 256 valence electrons. The number of hydrogen-bond donors (Lipinski definition) is 1. The van der Waals surface area contributed by atoms with Crippen molar-refractivity contribution in [2.45, 2.75) is 59.5 Å². The molecular formula is C29H34F4N5O7PS. The molecule has 1 N–H and O–H groups in total. The van der Waals surface area contributed by atoms with Gasteiger partial charge in [-0.2, -0.15) is 15.1 Å². The summed E-state index contributed by atoms with van der Waals surface area (Å²) >= 11 is 0. The summed E-state index contributed by atoms with van der Waals surface area (Å²) in [5.41, 5.74) is -2.73. The third kappa shape index (κ3) is 9.93. The highest BCUT2D eigenvalue weighted by Gasteiger charge is 2.38. The first kappa shape index (κ1) is 36.2. The molecule has 12 nitrogen and oxygen atoms in total. The number of aromatic nitrogens is 4. The minimum absolute atomic E-state index is 0.0539. The van der Waals surface area contributed by atoms with Gasteiger partial charge in [-0.05, 0) is 71.9 Å². The Labute approximate surface area is 268 Å². The molecule has 0 atom stereocenters. The predicted octanol–water partition coefficient (Wildman–Crippen LogP) is 7.01. The van der Waals surface area contributed by atoms with Crippen LogP contribution in [0.5, 0.6) is 11.8 Å². The van der Waals surface area contributed by atoms with Crippen LogP contribution in [0.15, 0.2) is 36.4 Å². The Balaban J connectivity index is 1.93. The summed E-state index contributed by atoms with van der Waals surface area (Å²) in [6.07, 6.45) is 1.01. The number of anilines is 1. The molecule has 0 spiro atoms. The Morgan fingerprint density at radius 2 is 1.51 bits per heavy atom. The second-order valence-electron chi connectivity index (χ2n) is 12.4. The van der Waals surface area contributed by atoms with Crippen molar-refractivity contribution >= 4 is 34.5 Å². The molecule has 47 heavy (non-hydrogen) atoms. The molecule has 0 bridgehead atoms. The van der Waals surface area contributed by atoms with E-state index in [0.717, 1.165) is 41.3 Å². The number of phosphoric ester groups is 1. The van der Waals surface area contributed by atoms with Gasteiger partial charge in [0.15, 0.2) is 23.9 Å². The van der Waals surface area contributed by atoms with Crippen LogP contribution in [-0.2, 0) is 34.7 Å². The van der Waals surface area contributed by atoms with Gasteiger partial charge >= 0.3 is 13.8 Å². The maximum Gasteiger partial charge on any atom is 0.477 e. The first-order chi connectivity index (χ1) is 21.6. The van der Waals surface area contributed by atoms with E-state index < -0.39 is 70.6 Å². The summed E-state index contributed by atoms with van der Waals surface area (Å²) in [4.78, 5) is 8.50. The normalized spacial score (nSPS) is 12.9. The van der Waals surface area contributed by atoms with Crippen LogP contribution in [0, 0.1) is 23.3 Å². The fourth-order valence-corrected chi connectivity index (χ4v) is 6.27. The van der Waals surface area contributed by atoms with E-state index >= 15 is 4.39 Å². The first-order valence-electron chi connectivity index (χ1n) is 14.1. The summed E-state index contributed by atoms with van der Waals surface area (Å²) in [7, 11) is -7.82. The lowest BCUT2D eigenvalue weighted by molar-refractivity contribution is -0.00706. The summed E-state index contributed by atoms with van der Waals surface area (Å²) in [5, 5.41) is 7.12. The molecule has 0 radical (unpaired) electrons. The van der Waals surface area contributed by atoms with Gasteiger partial charge < -0.3 is 10.1 Å². The number of phosphoric acid groups is 1. The molecule has 0 saturated heterocycles. The molecule has 2 aromatic heterocycles. The van der Waals surface area contributed by atoms with Crippen LogP contribution in [0.1, 0.15) is 41.5 Å². The predicted molar refractivity (Wildman–Crippen MR) is 166 cm³/mol. The van der Waals surface area contributed by atoms with Crippen LogP contribution >= 0.6 is 7.82 Å². The molecule has 2 heterocycles. The lowest BCUT2D eigenvalue weighted by atomic mass is 10.1. The minimum Gasteiger partial charge on any atom is -0.421 e. The number of hydrogen-bond acceptors (Lipinski definition) is 11. The van der Waals surface area contributed by atoms with Gasteiger partial charge in [-0.3, -0.25) is 13.6 Å². The first-order valence-corrected chi connectivity index (χ1v) is 17.6. The number of nitrogens with one attached hydrogen (secondary N) is 1. The number of benzene rings is 2. The van der Waals surface area contributed by atoms with Crippen molar-refractivity contribution in [1.82, 2.24) is 19.7 Å². The second-order valence-corrected chi connectivity index (χ2v) is 16.1. The van der Waals surface area contributed by atoms with Gasteiger partial charge in [0.05, 0.1) is 22.3 Å². The molecule has 0 aliphatic carbocycles. The molecule has 18 heteroatoms. The SMILES string of the molecule is CC(C)(C)OP(=O)(OCn1nc(-c2cc(F)ccc2F)c2c(NCCS(C)(=O)=O)nc(Oc3ccc(F)cc3F)nc21)OC(C)(C)C. The standard InChI is InChI=1S/C29H34F4N5O7PS/c1-28(2,3)44-46(39,45-29(4,5)6)42-16-38-26-23(24(37-38)19-14-17(30)8-10-20(19)32)25(34-12-13-47(7,40)41)35-27(36-26)43-22-11-9-18(31)15-21(22)33/h8-11,14-15H,12-13,16H2,1-7H3,(H,34,35,36). The highest BCUT2D eigenvalue weighted by molar-refractivity contribution is 7.90. The van der Waals surface area contributed by atoms with Gasteiger partial charge in [-0.25, -0.2) is 35.2 Å². The van der Waals surface area contributed by atoms with Crippen molar-refractivity contribution in [3.05, 3.63) is 59.7 Å². The average molecular weight is 704 g/mol. The van der Waals surface area contributed by atoms with E-state index in [9.17, 15) is 26.2 Å². The maximum atomic E-state index is 15.2. The monoisotopic (exact) mass is 703 g/mol. The van der Waals surface area contributed by atoms with E-state index in [4.69, 9.17) is 18.3 Å². The molecule has 0 saturated carbocycles. The highest BCUT2D eigenvalue weighted by Crippen LogP contribution is 2.55. The van der Waals surface area contributed by atoms with Crippen LogP contribution in [-0.4, -0.2) is 57.9 Å². The Kier molecular flexibility index (Phi) is 10.4. The minimum atomic E-state index is -4.35. The van der Waals surface area contributed by atoms with E-state index in [1.807, 2.05) is 0 Å². The molecule has 0 aliphatic heterocycles. The van der Waals surface area contributed by atoms with Crippen molar-refractivity contribution < 1.29 is 48.9 Å². The molecule has 0 amide bonds. The molecule has 0 fully saturated rings. The molecule has 2 aromatic carbocycles. The van der Waals surface area contributed by atoms with Crippen molar-refractivity contribution in [2.75, 3.05) is 23.9 Å². The number of ether oxygens (including phenoxy) is 1. The van der Waals surface area contributed by atoms with E-state index in [-0.39, 0.29) is 40.4 Å². The summed E-state index contributed by atoms with van der Waals surface area (Å²) < 4.78 is 119. The van der Waals surface area contributed by atoms with Crippen LogP contribution in [0.3, 0.4) is 0 Å². The quantitative estimate of drug-likeness (QED) is 0.120. The summed E-state index contributed by atoms with van der Waals surface area (Å²) in [6, 6.07) is 4.62. The third-order valence-corrected chi connectivity index (χ3v) is 8.64. The topological polar surface area (TPSA) is 144 Å². The zero-order chi connectivity index (χ0) is 34.9. The van der Waals surface area contributed by atoms with Crippen molar-refractivity contribution in [3.63, 3.8) is 0 Å². The van der Waals surface area contributed by atoms with Crippen LogP contribution in [0.4, 0.5) is 23.4 Å². The largest absolute Gasteiger partial charge is 0.477 e. The van der Waals surface area contributed by atoms with Crippen LogP contribution in [0.2, 0.25) is 0 Å². The van der Waals surface area contributed by atoms with Gasteiger partial charge in [0.1, 0.15) is 38.8 Å². The zero-order valence-electron chi connectivity index (χ0n) is 26.6. The number of halogens is 4. The Bertz CT molecular complexity index is 1930. The van der Waals surface area contributed by atoms with E-state index in [1.54, 1.807) is 41.5 Å². The fourth-order valence-electron chi connectivity index (χ4n) is 4.06. The van der Waals surface area contributed by atoms with Gasteiger partial charge in [-0.15, -0.1) is 0 Å². The lowest BCUT2D eigenvalue weighted by Gasteiger charge is -2.30. The molecule has 0 unspecified atom stereocenters. The van der Waals surface area contributed by atoms with E-state index in [2.05, 4.69) is 20.4 Å². The van der Waals surface area contributed by atoms with Crippen LogP contribution < -0.4 is 10.1 Å². The summed E-state index contributed by atoms with van der Waals surface area (Å²) in [6.45, 7) is 8.86. The average Bonchev–Trinajstić information content (AvgIpc) is 3.26. The Morgan fingerprint density at radius 1 is 0.894 bits per heavy atom. The van der Waals surface area contributed by atoms with E-state index in [1.165, 1.54) is 0 Å². The molecule has 4 aromatic rings. The number of fused-ring (bicyclic) bond motifs is 1. The molecular weight excluding hydrogens is 669 g/mol. The lowest BCUT2D eigenvalue weighted by Crippen LogP contribution is -2.25. The fraction of sp³-hybridized carbons (Fsp3) is 0.414. The van der Waals surface area contributed by atoms with E-state index in [0.29, 0.717) is 6.07 Å². The molecule has 4 rings (SSSR count). The number of sulfone groups is 1. The highest BCUT2D eigenvalue weighted by atomic mass is 32.2. The number of rotatable bonds is 12. The van der Waals surface area contributed by atoms with Crippen molar-refractivity contribution in [2.24, 2.45) is 0 Å². The van der Waals surface area contributed by atoms with Gasteiger partial charge in [-0.1, -0.05) is 0 Å².